The molecule has 1 amide bonds. The molecule has 24 heavy (non-hydrogen) atoms. The second-order valence-electron chi connectivity index (χ2n) is 5.94. The topological polar surface area (TPSA) is 57.6 Å². The number of fused-ring (bicyclic) bond motifs is 1. The molecule has 124 valence electrons. The molecule has 1 aliphatic rings. The quantitative estimate of drug-likeness (QED) is 0.796. The van der Waals surface area contributed by atoms with Crippen LogP contribution in [0.15, 0.2) is 53.0 Å². The highest BCUT2D eigenvalue weighted by Gasteiger charge is 2.50. The van der Waals surface area contributed by atoms with Crippen LogP contribution in [0, 0.1) is 0 Å². The zero-order valence-electron chi connectivity index (χ0n) is 13.3. The van der Waals surface area contributed by atoms with Crippen LogP contribution < -0.4 is 4.90 Å². The van der Waals surface area contributed by atoms with Crippen LogP contribution in [0.4, 0.5) is 5.69 Å². The summed E-state index contributed by atoms with van der Waals surface area (Å²) in [5.74, 6) is -0.686. The van der Waals surface area contributed by atoms with Gasteiger partial charge in [0.05, 0.1) is 12.1 Å². The van der Waals surface area contributed by atoms with Gasteiger partial charge in [-0.1, -0.05) is 53.2 Å². The van der Waals surface area contributed by atoms with Gasteiger partial charge in [-0.2, -0.15) is 0 Å². The van der Waals surface area contributed by atoms with Gasteiger partial charge in [-0.15, -0.1) is 0 Å². The van der Waals surface area contributed by atoms with Gasteiger partial charge < -0.3 is 10.0 Å². The number of para-hydroxylation sites is 1. The predicted octanol–water partition coefficient (Wildman–Crippen LogP) is 3.67. The largest absolute Gasteiger partial charge is 0.375 e. The van der Waals surface area contributed by atoms with Crippen LogP contribution in [0.1, 0.15) is 35.7 Å². The summed E-state index contributed by atoms with van der Waals surface area (Å²) in [6.07, 6.45) is 0.509. The number of anilines is 1. The summed E-state index contributed by atoms with van der Waals surface area (Å²) in [5.41, 5.74) is -0.136. The first-order valence-corrected chi connectivity index (χ1v) is 8.69. The van der Waals surface area contributed by atoms with Crippen molar-refractivity contribution in [3.8, 4) is 0 Å². The van der Waals surface area contributed by atoms with Gasteiger partial charge in [0, 0.05) is 22.1 Å². The summed E-state index contributed by atoms with van der Waals surface area (Å²) in [7, 11) is 0. The van der Waals surface area contributed by atoms with Crippen molar-refractivity contribution in [2.75, 3.05) is 11.4 Å². The minimum Gasteiger partial charge on any atom is -0.375 e. The smallest absolute Gasteiger partial charge is 0.264 e. The third-order valence-corrected chi connectivity index (χ3v) is 4.74. The summed E-state index contributed by atoms with van der Waals surface area (Å²) < 4.78 is 0.783. The SMILES string of the molecule is CCCN1C(=O)C(O)(CC(=O)c2cccc(Br)c2)c2ccccc21. The van der Waals surface area contributed by atoms with E-state index in [-0.39, 0.29) is 12.2 Å². The van der Waals surface area contributed by atoms with Crippen molar-refractivity contribution in [2.24, 2.45) is 0 Å². The van der Waals surface area contributed by atoms with E-state index in [0.29, 0.717) is 23.4 Å². The normalized spacial score (nSPS) is 19.5. The molecular weight excluding hydrogens is 370 g/mol. The maximum Gasteiger partial charge on any atom is 0.264 e. The molecule has 5 heteroatoms. The van der Waals surface area contributed by atoms with E-state index >= 15 is 0 Å². The first-order valence-electron chi connectivity index (χ1n) is 7.90. The lowest BCUT2D eigenvalue weighted by molar-refractivity contribution is -0.135. The molecule has 0 bridgehead atoms. The van der Waals surface area contributed by atoms with Crippen LogP contribution in [-0.2, 0) is 10.4 Å². The fourth-order valence-corrected chi connectivity index (χ4v) is 3.52. The molecule has 3 rings (SSSR count). The maximum atomic E-state index is 12.8. The number of hydrogen-bond donors (Lipinski definition) is 1. The Morgan fingerprint density at radius 3 is 2.67 bits per heavy atom. The van der Waals surface area contributed by atoms with Gasteiger partial charge in [-0.3, -0.25) is 9.59 Å². The number of amides is 1. The van der Waals surface area contributed by atoms with Crippen molar-refractivity contribution in [1.82, 2.24) is 0 Å². The molecule has 1 atom stereocenters. The molecular formula is C19H18BrNO3. The van der Waals surface area contributed by atoms with Gasteiger partial charge in [-0.25, -0.2) is 0 Å². The first kappa shape index (κ1) is 16.9. The Morgan fingerprint density at radius 1 is 1.21 bits per heavy atom. The van der Waals surface area contributed by atoms with E-state index in [1.165, 1.54) is 0 Å². The van der Waals surface area contributed by atoms with Crippen molar-refractivity contribution < 1.29 is 14.7 Å². The van der Waals surface area contributed by atoms with E-state index in [1.54, 1.807) is 35.2 Å². The summed E-state index contributed by atoms with van der Waals surface area (Å²) in [6, 6.07) is 14.1. The van der Waals surface area contributed by atoms with E-state index < -0.39 is 11.5 Å². The highest BCUT2D eigenvalue weighted by molar-refractivity contribution is 9.10. The van der Waals surface area contributed by atoms with Gasteiger partial charge in [0.1, 0.15) is 0 Å². The van der Waals surface area contributed by atoms with Crippen LogP contribution in [0.5, 0.6) is 0 Å². The van der Waals surface area contributed by atoms with E-state index in [1.807, 2.05) is 25.1 Å². The lowest BCUT2D eigenvalue weighted by atomic mass is 9.88. The van der Waals surface area contributed by atoms with Crippen molar-refractivity contribution >= 4 is 33.3 Å². The minimum absolute atomic E-state index is 0.264. The lowest BCUT2D eigenvalue weighted by Crippen LogP contribution is -2.42. The average Bonchev–Trinajstić information content (AvgIpc) is 2.78. The van der Waals surface area contributed by atoms with Crippen LogP contribution in [0.2, 0.25) is 0 Å². The fraction of sp³-hybridized carbons (Fsp3) is 0.263. The number of carbonyl (C=O) groups excluding carboxylic acids is 2. The standard InChI is InChI=1S/C19H18BrNO3/c1-2-10-21-16-9-4-3-8-15(16)19(24,18(21)23)12-17(22)13-6-5-7-14(20)11-13/h3-9,11,24H,2,10,12H2,1H3. The lowest BCUT2D eigenvalue weighted by Gasteiger charge is -2.22. The number of Topliss-reactive ketones (excluding diaryl/α,β-unsaturated/α-hetero) is 1. The number of hydrogen-bond acceptors (Lipinski definition) is 3. The number of ketones is 1. The Bertz CT molecular complexity index is 805. The van der Waals surface area contributed by atoms with Crippen LogP contribution >= 0.6 is 15.9 Å². The zero-order valence-corrected chi connectivity index (χ0v) is 14.9. The number of benzene rings is 2. The molecule has 0 saturated heterocycles. The second-order valence-corrected chi connectivity index (χ2v) is 6.86. The Labute approximate surface area is 149 Å². The van der Waals surface area contributed by atoms with E-state index in [4.69, 9.17) is 0 Å². The fourth-order valence-electron chi connectivity index (χ4n) is 3.12. The van der Waals surface area contributed by atoms with Crippen molar-refractivity contribution in [3.05, 3.63) is 64.1 Å². The molecule has 0 spiro atoms. The van der Waals surface area contributed by atoms with Gasteiger partial charge in [-0.05, 0) is 24.6 Å². The number of nitrogens with zero attached hydrogens (tertiary/aromatic N) is 1. The summed E-state index contributed by atoms with van der Waals surface area (Å²) in [5, 5.41) is 11.1. The average molecular weight is 388 g/mol. The molecule has 0 aliphatic carbocycles. The van der Waals surface area contributed by atoms with E-state index in [9.17, 15) is 14.7 Å². The number of carbonyl (C=O) groups is 2. The van der Waals surface area contributed by atoms with Crippen molar-refractivity contribution in [3.63, 3.8) is 0 Å². The molecule has 0 aromatic heterocycles. The Balaban J connectivity index is 1.97. The molecule has 4 nitrogen and oxygen atoms in total. The Hall–Kier alpha value is -1.98. The monoisotopic (exact) mass is 387 g/mol. The summed E-state index contributed by atoms with van der Waals surface area (Å²) in [4.78, 5) is 27.0. The highest BCUT2D eigenvalue weighted by atomic mass is 79.9. The molecule has 1 unspecified atom stereocenters. The number of rotatable bonds is 5. The second kappa shape index (κ2) is 6.49. The van der Waals surface area contributed by atoms with Crippen LogP contribution in [0.3, 0.4) is 0 Å². The molecule has 0 fully saturated rings. The van der Waals surface area contributed by atoms with Crippen molar-refractivity contribution in [2.45, 2.75) is 25.4 Å². The van der Waals surface area contributed by atoms with Gasteiger partial charge in [0.2, 0.25) is 0 Å². The maximum absolute atomic E-state index is 12.8. The predicted molar refractivity (Wildman–Crippen MR) is 96.1 cm³/mol. The third-order valence-electron chi connectivity index (χ3n) is 4.25. The molecule has 1 N–H and O–H groups in total. The molecule has 0 saturated carbocycles. The molecule has 0 radical (unpaired) electrons. The molecule has 1 aliphatic heterocycles. The summed E-state index contributed by atoms with van der Waals surface area (Å²) in [6.45, 7) is 2.49. The molecule has 2 aromatic rings. The number of aliphatic hydroxyl groups is 1. The Morgan fingerprint density at radius 2 is 1.96 bits per heavy atom. The zero-order chi connectivity index (χ0) is 17.3. The van der Waals surface area contributed by atoms with Gasteiger partial charge in [0.15, 0.2) is 11.4 Å². The van der Waals surface area contributed by atoms with Crippen molar-refractivity contribution in [1.29, 1.82) is 0 Å². The summed E-state index contributed by atoms with van der Waals surface area (Å²) >= 11 is 3.33. The highest BCUT2D eigenvalue weighted by Crippen LogP contribution is 2.42. The molecule has 1 heterocycles. The first-order chi connectivity index (χ1) is 11.5. The molecule has 2 aromatic carbocycles. The van der Waals surface area contributed by atoms with Crippen LogP contribution in [0.25, 0.3) is 0 Å². The van der Waals surface area contributed by atoms with Gasteiger partial charge in [0.25, 0.3) is 5.91 Å². The third kappa shape index (κ3) is 2.78. The number of halogens is 1. The van der Waals surface area contributed by atoms with Gasteiger partial charge >= 0.3 is 0 Å². The van der Waals surface area contributed by atoms with E-state index in [0.717, 1.165) is 10.9 Å². The van der Waals surface area contributed by atoms with Crippen LogP contribution in [-0.4, -0.2) is 23.3 Å². The Kier molecular flexibility index (Phi) is 4.56. The minimum atomic E-state index is -1.80. The van der Waals surface area contributed by atoms with E-state index in [2.05, 4.69) is 15.9 Å².